The molecule has 82 valence electrons. The van der Waals surface area contributed by atoms with E-state index in [0.717, 1.165) is 6.08 Å². The Hall–Kier alpha value is -2.17. The highest BCUT2D eigenvalue weighted by molar-refractivity contribution is 6.09. The third-order valence-corrected chi connectivity index (χ3v) is 2.10. The summed E-state index contributed by atoms with van der Waals surface area (Å²) >= 11 is 0. The molecule has 0 radical (unpaired) electrons. The van der Waals surface area contributed by atoms with Crippen molar-refractivity contribution in [2.24, 2.45) is 4.99 Å². The molecule has 0 bridgehead atoms. The topological polar surface area (TPSA) is 65.0 Å². The summed E-state index contributed by atoms with van der Waals surface area (Å²) in [6.07, 6.45) is 7.55. The maximum atomic E-state index is 11.4. The zero-order chi connectivity index (χ0) is 11.5. The quantitative estimate of drug-likeness (QED) is 0.476. The minimum absolute atomic E-state index is 0.0435. The minimum atomic E-state index is -0.634. The van der Waals surface area contributed by atoms with Crippen molar-refractivity contribution in [3.05, 3.63) is 36.1 Å². The molecule has 2 rings (SSSR count). The zero-order valence-corrected chi connectivity index (χ0v) is 8.54. The van der Waals surface area contributed by atoms with Gasteiger partial charge in [-0.2, -0.15) is 0 Å². The average Bonchev–Trinajstić information content (AvgIpc) is 2.30. The fraction of sp³-hybridized carbons (Fsp3) is 0.182. The summed E-state index contributed by atoms with van der Waals surface area (Å²) in [4.78, 5) is 26.5. The van der Waals surface area contributed by atoms with E-state index in [1.807, 2.05) is 0 Å². The molecule has 1 heterocycles. The third-order valence-electron chi connectivity index (χ3n) is 2.10. The van der Waals surface area contributed by atoms with E-state index in [4.69, 9.17) is 4.74 Å². The molecule has 2 aliphatic rings. The van der Waals surface area contributed by atoms with Crippen LogP contribution in [0.5, 0.6) is 0 Å². The normalized spacial score (nSPS) is 24.8. The van der Waals surface area contributed by atoms with Crippen LogP contribution in [0.2, 0.25) is 0 Å². The van der Waals surface area contributed by atoms with E-state index in [1.165, 1.54) is 7.11 Å². The second-order valence-electron chi connectivity index (χ2n) is 3.16. The molecule has 5 nitrogen and oxygen atoms in total. The summed E-state index contributed by atoms with van der Waals surface area (Å²) in [7, 11) is 1.23. The Kier molecular flexibility index (Phi) is 2.68. The van der Waals surface area contributed by atoms with Crippen molar-refractivity contribution in [2.75, 3.05) is 7.11 Å². The van der Waals surface area contributed by atoms with Gasteiger partial charge in [0.1, 0.15) is 0 Å². The predicted molar refractivity (Wildman–Crippen MR) is 55.7 cm³/mol. The zero-order valence-electron chi connectivity index (χ0n) is 8.54. The molecule has 0 aromatic heterocycles. The number of carbonyl (C=O) groups excluding carboxylic acids is 2. The highest BCUT2D eigenvalue weighted by Gasteiger charge is 2.27. The number of allylic oxidation sites excluding steroid dienone is 2. The van der Waals surface area contributed by atoms with Crippen molar-refractivity contribution in [3.63, 3.8) is 0 Å². The molecule has 1 aliphatic carbocycles. The third kappa shape index (κ3) is 1.93. The van der Waals surface area contributed by atoms with Crippen LogP contribution >= 0.6 is 0 Å². The van der Waals surface area contributed by atoms with Gasteiger partial charge < -0.3 is 9.47 Å². The molecule has 0 saturated heterocycles. The van der Waals surface area contributed by atoms with E-state index in [1.54, 1.807) is 24.3 Å². The number of fused-ring (bicyclic) bond motifs is 1. The Balaban J connectivity index is 2.32. The molecule has 1 aliphatic heterocycles. The lowest BCUT2D eigenvalue weighted by Gasteiger charge is -2.21. The number of hydrogen-bond acceptors (Lipinski definition) is 5. The smallest absolute Gasteiger partial charge is 0.358 e. The number of esters is 2. The average molecular weight is 219 g/mol. The number of rotatable bonds is 1. The van der Waals surface area contributed by atoms with Crippen LogP contribution in [0.15, 0.2) is 41.1 Å². The summed E-state index contributed by atoms with van der Waals surface area (Å²) in [6.45, 7) is 0. The van der Waals surface area contributed by atoms with E-state index in [-0.39, 0.29) is 5.70 Å². The maximum Gasteiger partial charge on any atom is 0.358 e. The lowest BCUT2D eigenvalue weighted by Crippen LogP contribution is -2.31. The van der Waals surface area contributed by atoms with Crippen LogP contribution in [0.3, 0.4) is 0 Å². The molecule has 0 N–H and O–H groups in total. The van der Waals surface area contributed by atoms with Gasteiger partial charge in [0.2, 0.25) is 0 Å². The highest BCUT2D eigenvalue weighted by atomic mass is 16.5. The Morgan fingerprint density at radius 2 is 2.38 bits per heavy atom. The van der Waals surface area contributed by atoms with E-state index in [2.05, 4.69) is 9.73 Å². The highest BCUT2D eigenvalue weighted by Crippen LogP contribution is 2.17. The monoisotopic (exact) mass is 219 g/mol. The molecule has 0 fully saturated rings. The largest absolute Gasteiger partial charge is 0.466 e. The minimum Gasteiger partial charge on any atom is -0.466 e. The van der Waals surface area contributed by atoms with Gasteiger partial charge in [-0.15, -0.1) is 0 Å². The van der Waals surface area contributed by atoms with Crippen LogP contribution in [0, 0.1) is 0 Å². The lowest BCUT2D eigenvalue weighted by atomic mass is 10.1. The molecule has 0 spiro atoms. The molecule has 0 aromatic rings. The van der Waals surface area contributed by atoms with Crippen molar-refractivity contribution >= 4 is 17.7 Å². The number of hydrogen-bond donors (Lipinski definition) is 0. The van der Waals surface area contributed by atoms with E-state index in [0.29, 0.717) is 5.71 Å². The number of nitrogens with zero attached hydrogens (tertiary/aromatic N) is 1. The molecule has 5 heteroatoms. The first-order valence-electron chi connectivity index (χ1n) is 4.65. The number of ether oxygens (including phenoxy) is 2. The molecule has 1 unspecified atom stereocenters. The summed E-state index contributed by atoms with van der Waals surface area (Å²) < 4.78 is 9.48. The number of aliphatic imine (C=N–C) groups is 1. The van der Waals surface area contributed by atoms with Gasteiger partial charge in [0.15, 0.2) is 11.8 Å². The second-order valence-corrected chi connectivity index (χ2v) is 3.16. The van der Waals surface area contributed by atoms with Crippen LogP contribution in [0.25, 0.3) is 0 Å². The van der Waals surface area contributed by atoms with Crippen molar-refractivity contribution in [3.8, 4) is 0 Å². The predicted octanol–water partition coefficient (Wildman–Crippen LogP) is 0.536. The van der Waals surface area contributed by atoms with Crippen LogP contribution < -0.4 is 0 Å². The Labute approximate surface area is 91.8 Å². The summed E-state index contributed by atoms with van der Waals surface area (Å²) in [5, 5.41) is 0. The number of methoxy groups -OCH3 is 1. The Morgan fingerprint density at radius 1 is 1.56 bits per heavy atom. The Morgan fingerprint density at radius 3 is 3.12 bits per heavy atom. The molecular formula is C11H9NO4. The van der Waals surface area contributed by atoms with Gasteiger partial charge >= 0.3 is 11.9 Å². The first-order chi connectivity index (χ1) is 7.70. The summed E-state index contributed by atoms with van der Waals surface area (Å²) in [5.41, 5.74) is 0.551. The van der Waals surface area contributed by atoms with Gasteiger partial charge in [-0.05, 0) is 12.2 Å². The fourth-order valence-electron chi connectivity index (χ4n) is 1.34. The van der Waals surface area contributed by atoms with Crippen molar-refractivity contribution in [1.29, 1.82) is 0 Å². The van der Waals surface area contributed by atoms with E-state index < -0.39 is 18.0 Å². The standard InChI is InChI=1S/C11H9NO4/c1-15-10(13)6-8-11(14)16-9-5-3-2-4-7(9)12-8/h2-6,9H,1H3/b8-6-. The SMILES string of the molecule is COC(=O)/C=C1\N=C2C=CC=CC2OC1=O. The maximum absolute atomic E-state index is 11.4. The molecule has 1 atom stereocenters. The Bertz CT molecular complexity index is 457. The number of carbonyl (C=O) groups is 2. The molecule has 0 saturated carbocycles. The van der Waals surface area contributed by atoms with Crippen LogP contribution in [-0.2, 0) is 19.1 Å². The molecule has 0 aromatic carbocycles. The summed E-state index contributed by atoms with van der Waals surface area (Å²) in [6, 6.07) is 0. The van der Waals surface area contributed by atoms with Crippen LogP contribution in [-0.4, -0.2) is 30.9 Å². The van der Waals surface area contributed by atoms with Gasteiger partial charge in [0, 0.05) is 0 Å². The molecular weight excluding hydrogens is 210 g/mol. The van der Waals surface area contributed by atoms with Crippen molar-refractivity contribution in [2.45, 2.75) is 6.10 Å². The molecule has 0 amide bonds. The van der Waals surface area contributed by atoms with Gasteiger partial charge in [-0.25, -0.2) is 14.6 Å². The fourth-order valence-corrected chi connectivity index (χ4v) is 1.34. The van der Waals surface area contributed by atoms with Gasteiger partial charge in [0.05, 0.1) is 18.9 Å². The van der Waals surface area contributed by atoms with Crippen molar-refractivity contribution < 1.29 is 19.1 Å². The van der Waals surface area contributed by atoms with E-state index in [9.17, 15) is 9.59 Å². The van der Waals surface area contributed by atoms with Gasteiger partial charge in [-0.1, -0.05) is 12.2 Å². The second kappa shape index (κ2) is 4.14. The van der Waals surface area contributed by atoms with Gasteiger partial charge in [-0.3, -0.25) is 0 Å². The van der Waals surface area contributed by atoms with Gasteiger partial charge in [0.25, 0.3) is 0 Å². The van der Waals surface area contributed by atoms with Crippen LogP contribution in [0.1, 0.15) is 0 Å². The van der Waals surface area contributed by atoms with Crippen LogP contribution in [0.4, 0.5) is 0 Å². The summed E-state index contributed by atoms with van der Waals surface area (Å²) in [5.74, 6) is -1.26. The molecule has 16 heavy (non-hydrogen) atoms. The van der Waals surface area contributed by atoms with E-state index >= 15 is 0 Å². The lowest BCUT2D eigenvalue weighted by molar-refractivity contribution is -0.141. The first-order valence-corrected chi connectivity index (χ1v) is 4.65. The first kappa shape index (κ1) is 10.4. The van der Waals surface area contributed by atoms with Crippen molar-refractivity contribution in [1.82, 2.24) is 0 Å².